The summed E-state index contributed by atoms with van der Waals surface area (Å²) >= 11 is 0. The van der Waals surface area contributed by atoms with E-state index in [4.69, 9.17) is 5.53 Å². The van der Waals surface area contributed by atoms with E-state index in [9.17, 15) is 9.50 Å². The molecule has 102 valence electrons. The van der Waals surface area contributed by atoms with E-state index in [-0.39, 0.29) is 12.4 Å². The quantitative estimate of drug-likeness (QED) is 0.509. The minimum Gasteiger partial charge on any atom is -0.385 e. The van der Waals surface area contributed by atoms with Crippen LogP contribution in [0.2, 0.25) is 0 Å². The van der Waals surface area contributed by atoms with Crippen LogP contribution in [0, 0.1) is 5.82 Å². The smallest absolute Gasteiger partial charge is 0.123 e. The lowest BCUT2D eigenvalue weighted by Gasteiger charge is -2.24. The van der Waals surface area contributed by atoms with Crippen LogP contribution in [-0.2, 0) is 5.60 Å². The highest BCUT2D eigenvalue weighted by atomic mass is 19.1. The molecule has 0 bridgehead atoms. The summed E-state index contributed by atoms with van der Waals surface area (Å²) < 4.78 is 13.4. The topological polar surface area (TPSA) is 69.0 Å². The fourth-order valence-electron chi connectivity index (χ4n) is 2.11. The molecular formula is C15H14FN3O. The maximum absolute atomic E-state index is 13.4. The normalized spacial score (nSPS) is 13.3. The summed E-state index contributed by atoms with van der Waals surface area (Å²) in [6.45, 7) is 1.48. The van der Waals surface area contributed by atoms with Crippen LogP contribution in [0.5, 0.6) is 0 Å². The van der Waals surface area contributed by atoms with Crippen molar-refractivity contribution in [3.8, 4) is 11.1 Å². The van der Waals surface area contributed by atoms with Crippen molar-refractivity contribution in [3.05, 3.63) is 70.4 Å². The fourth-order valence-corrected chi connectivity index (χ4v) is 2.11. The van der Waals surface area contributed by atoms with Crippen molar-refractivity contribution in [2.45, 2.75) is 12.5 Å². The van der Waals surface area contributed by atoms with E-state index in [1.54, 1.807) is 37.3 Å². The van der Waals surface area contributed by atoms with E-state index >= 15 is 0 Å². The molecule has 0 saturated carbocycles. The molecule has 0 aromatic heterocycles. The van der Waals surface area contributed by atoms with Gasteiger partial charge in [0.1, 0.15) is 5.82 Å². The van der Waals surface area contributed by atoms with Gasteiger partial charge in [0.05, 0.1) is 12.1 Å². The van der Waals surface area contributed by atoms with E-state index in [1.807, 2.05) is 6.07 Å². The summed E-state index contributed by atoms with van der Waals surface area (Å²) in [5.41, 5.74) is 9.06. The first-order valence-electron chi connectivity index (χ1n) is 6.13. The van der Waals surface area contributed by atoms with Crippen LogP contribution in [0.4, 0.5) is 4.39 Å². The maximum Gasteiger partial charge on any atom is 0.123 e. The summed E-state index contributed by atoms with van der Waals surface area (Å²) in [7, 11) is 0. The van der Waals surface area contributed by atoms with Crippen LogP contribution in [0.15, 0.2) is 53.6 Å². The van der Waals surface area contributed by atoms with Crippen LogP contribution in [0.3, 0.4) is 0 Å². The van der Waals surface area contributed by atoms with Crippen LogP contribution < -0.4 is 0 Å². The van der Waals surface area contributed by atoms with Gasteiger partial charge in [-0.1, -0.05) is 41.5 Å². The zero-order valence-electron chi connectivity index (χ0n) is 11.0. The minimum atomic E-state index is -1.31. The Hall–Kier alpha value is -2.36. The van der Waals surface area contributed by atoms with Crippen molar-refractivity contribution in [2.24, 2.45) is 5.11 Å². The molecule has 0 aliphatic rings. The number of hydrogen-bond acceptors (Lipinski definition) is 2. The molecule has 2 aromatic carbocycles. The molecule has 0 amide bonds. The Balaban J connectivity index is 2.53. The molecule has 0 saturated heterocycles. The first-order valence-corrected chi connectivity index (χ1v) is 6.13. The molecule has 0 spiro atoms. The zero-order valence-corrected chi connectivity index (χ0v) is 11.0. The van der Waals surface area contributed by atoms with Gasteiger partial charge in [0.25, 0.3) is 0 Å². The highest BCUT2D eigenvalue weighted by Crippen LogP contribution is 2.32. The van der Waals surface area contributed by atoms with E-state index < -0.39 is 5.60 Å². The standard InChI is InChI=1S/C15H14FN3O/c1-15(20,10-18-19-17)14-8-3-2-7-13(14)11-5-4-6-12(16)9-11/h2-9,20H,10H2,1H3/t15-/m1/s1. The van der Waals surface area contributed by atoms with Crippen molar-refractivity contribution >= 4 is 0 Å². The number of aliphatic hydroxyl groups is 1. The van der Waals surface area contributed by atoms with Crippen LogP contribution in [0.25, 0.3) is 21.6 Å². The highest BCUT2D eigenvalue weighted by molar-refractivity contribution is 5.68. The molecular weight excluding hydrogens is 257 g/mol. The Morgan fingerprint density at radius 1 is 1.25 bits per heavy atom. The molecule has 5 heteroatoms. The second-order valence-corrected chi connectivity index (χ2v) is 4.72. The van der Waals surface area contributed by atoms with Gasteiger partial charge >= 0.3 is 0 Å². The van der Waals surface area contributed by atoms with E-state index in [0.29, 0.717) is 16.7 Å². The van der Waals surface area contributed by atoms with Crippen molar-refractivity contribution in [3.63, 3.8) is 0 Å². The van der Waals surface area contributed by atoms with Crippen LogP contribution in [-0.4, -0.2) is 11.7 Å². The van der Waals surface area contributed by atoms with Crippen LogP contribution in [0.1, 0.15) is 12.5 Å². The lowest BCUT2D eigenvalue weighted by atomic mass is 9.88. The van der Waals surface area contributed by atoms with Crippen LogP contribution >= 0.6 is 0 Å². The second kappa shape index (κ2) is 5.74. The minimum absolute atomic E-state index is 0.0875. The van der Waals surface area contributed by atoms with Gasteiger partial charge in [-0.3, -0.25) is 0 Å². The van der Waals surface area contributed by atoms with Crippen molar-refractivity contribution in [1.82, 2.24) is 0 Å². The number of hydrogen-bond donors (Lipinski definition) is 1. The maximum atomic E-state index is 13.4. The van der Waals surface area contributed by atoms with Crippen molar-refractivity contribution in [2.75, 3.05) is 6.54 Å². The summed E-state index contributed by atoms with van der Waals surface area (Å²) in [5.74, 6) is -0.341. The summed E-state index contributed by atoms with van der Waals surface area (Å²) in [6, 6.07) is 13.3. The molecule has 2 rings (SSSR count). The third-order valence-corrected chi connectivity index (χ3v) is 3.08. The first-order chi connectivity index (χ1) is 9.54. The van der Waals surface area contributed by atoms with Gasteiger partial charge in [-0.25, -0.2) is 4.39 Å². The molecule has 2 aromatic rings. The zero-order chi connectivity index (χ0) is 14.6. The Morgan fingerprint density at radius 2 is 2.00 bits per heavy atom. The summed E-state index contributed by atoms with van der Waals surface area (Å²) in [5, 5.41) is 13.9. The van der Waals surface area contributed by atoms with Gasteiger partial charge in [-0.2, -0.15) is 0 Å². The molecule has 0 unspecified atom stereocenters. The van der Waals surface area contributed by atoms with E-state index in [0.717, 1.165) is 0 Å². The lowest BCUT2D eigenvalue weighted by Crippen LogP contribution is -2.25. The van der Waals surface area contributed by atoms with Gasteiger partial charge in [0.2, 0.25) is 0 Å². The highest BCUT2D eigenvalue weighted by Gasteiger charge is 2.25. The molecule has 0 fully saturated rings. The second-order valence-electron chi connectivity index (χ2n) is 4.72. The molecule has 20 heavy (non-hydrogen) atoms. The SMILES string of the molecule is C[C@@](O)(CN=[N+]=[N-])c1ccccc1-c1cccc(F)c1. The van der Waals surface area contributed by atoms with Gasteiger partial charge < -0.3 is 5.11 Å². The molecule has 0 radical (unpaired) electrons. The predicted octanol–water partition coefficient (Wildman–Crippen LogP) is 4.01. The van der Waals surface area contributed by atoms with Gasteiger partial charge in [0, 0.05) is 4.91 Å². The third-order valence-electron chi connectivity index (χ3n) is 3.08. The molecule has 0 aliphatic heterocycles. The number of azide groups is 1. The molecule has 0 heterocycles. The number of benzene rings is 2. The largest absolute Gasteiger partial charge is 0.385 e. The predicted molar refractivity (Wildman–Crippen MR) is 75.4 cm³/mol. The number of halogens is 1. The molecule has 0 aliphatic carbocycles. The Morgan fingerprint density at radius 3 is 2.70 bits per heavy atom. The van der Waals surface area contributed by atoms with Crippen molar-refractivity contribution < 1.29 is 9.50 Å². The Bertz CT molecular complexity index is 664. The lowest BCUT2D eigenvalue weighted by molar-refractivity contribution is 0.0675. The molecule has 4 nitrogen and oxygen atoms in total. The van der Waals surface area contributed by atoms with Crippen molar-refractivity contribution in [1.29, 1.82) is 0 Å². The monoisotopic (exact) mass is 271 g/mol. The van der Waals surface area contributed by atoms with Gasteiger partial charge in [-0.15, -0.1) is 0 Å². The van der Waals surface area contributed by atoms with Gasteiger partial charge in [-0.05, 0) is 41.3 Å². The average molecular weight is 271 g/mol. The van der Waals surface area contributed by atoms with E-state index in [1.165, 1.54) is 12.1 Å². The number of nitrogens with zero attached hydrogens (tertiary/aromatic N) is 3. The molecule has 1 atom stereocenters. The molecule has 1 N–H and O–H groups in total. The Labute approximate surface area is 116 Å². The number of rotatable bonds is 4. The summed E-state index contributed by atoms with van der Waals surface area (Å²) in [6.07, 6.45) is 0. The van der Waals surface area contributed by atoms with Gasteiger partial charge in [0.15, 0.2) is 0 Å². The average Bonchev–Trinajstić information content (AvgIpc) is 2.45. The fraction of sp³-hybridized carbons (Fsp3) is 0.200. The third kappa shape index (κ3) is 2.96. The van der Waals surface area contributed by atoms with E-state index in [2.05, 4.69) is 10.0 Å². The first kappa shape index (κ1) is 14.1. The summed E-state index contributed by atoms with van der Waals surface area (Å²) in [4.78, 5) is 2.67. The Kier molecular flexibility index (Phi) is 4.03.